The molecule has 2 amide bonds. The molecule has 0 saturated carbocycles. The highest BCUT2D eigenvalue weighted by Gasteiger charge is 2.34. The molecule has 19 heteroatoms. The second-order valence-corrected chi connectivity index (χ2v) is 14.2. The molecule has 4 aromatic carbocycles. The Hall–Kier alpha value is -6.80. The van der Waals surface area contributed by atoms with E-state index in [0.29, 0.717) is 23.3 Å². The second-order valence-electron chi connectivity index (χ2n) is 11.4. The van der Waals surface area contributed by atoms with Gasteiger partial charge in [-0.05, 0) is 90.0 Å². The van der Waals surface area contributed by atoms with Gasteiger partial charge in [-0.2, -0.15) is 27.0 Å². The van der Waals surface area contributed by atoms with Crippen LogP contribution in [0.5, 0.6) is 0 Å². The van der Waals surface area contributed by atoms with Gasteiger partial charge in [0, 0.05) is 28.2 Å². The fourth-order valence-corrected chi connectivity index (χ4v) is 6.61. The van der Waals surface area contributed by atoms with E-state index in [-0.39, 0.29) is 40.2 Å². The molecule has 0 radical (unpaired) electrons. The summed E-state index contributed by atoms with van der Waals surface area (Å²) in [7, 11) is -9.83. The largest absolute Gasteiger partial charge is 0.378 e. The van der Waals surface area contributed by atoms with E-state index < -0.39 is 59.1 Å². The van der Waals surface area contributed by atoms with E-state index in [1.54, 1.807) is 54.6 Å². The molecule has 0 spiro atoms. The number of carbonyl (C=O) groups is 4. The van der Waals surface area contributed by atoms with Crippen LogP contribution in [0.3, 0.4) is 0 Å². The Bertz CT molecular complexity index is 2570. The van der Waals surface area contributed by atoms with Crippen molar-refractivity contribution in [3.63, 3.8) is 0 Å². The lowest BCUT2D eigenvalue weighted by Gasteiger charge is -2.18. The normalized spacial score (nSPS) is 15.4. The number of ketones is 2. The van der Waals surface area contributed by atoms with Crippen molar-refractivity contribution in [2.24, 2.45) is 10.2 Å². The summed E-state index contributed by atoms with van der Waals surface area (Å²) in [5.74, 6) is -1.69. The Morgan fingerprint density at radius 3 is 1.70 bits per heavy atom. The van der Waals surface area contributed by atoms with Gasteiger partial charge in [0.1, 0.15) is 16.1 Å². The summed E-state index contributed by atoms with van der Waals surface area (Å²) in [6.45, 7) is 0.0868. The minimum Gasteiger partial charge on any atom is -0.378 e. The van der Waals surface area contributed by atoms with Crippen LogP contribution >= 0.6 is 0 Å². The molecule has 0 unspecified atom stereocenters. The first kappa shape index (κ1) is 37.0. The molecule has 54 heavy (non-hydrogen) atoms. The highest BCUT2D eigenvalue weighted by Crippen LogP contribution is 2.30. The zero-order valence-corrected chi connectivity index (χ0v) is 29.1. The Balaban J connectivity index is 1.20. The van der Waals surface area contributed by atoms with Crippen LogP contribution < -0.4 is 26.8 Å². The van der Waals surface area contributed by atoms with E-state index in [1.807, 2.05) is 0 Å². The van der Waals surface area contributed by atoms with Crippen LogP contribution in [0.2, 0.25) is 0 Å². The van der Waals surface area contributed by atoms with Gasteiger partial charge in [0.2, 0.25) is 11.6 Å². The van der Waals surface area contributed by atoms with Crippen LogP contribution in [-0.4, -0.2) is 67.8 Å². The summed E-state index contributed by atoms with van der Waals surface area (Å²) >= 11 is 0. The van der Waals surface area contributed by atoms with Crippen LogP contribution in [0.4, 0.5) is 33.2 Å². The number of amides is 2. The number of Topliss-reactive ketones (excluding diaryl/α,β-unsaturated/α-hetero) is 2. The Kier molecular flexibility index (Phi) is 10.3. The Labute approximate surface area is 307 Å². The van der Waals surface area contributed by atoms with E-state index in [9.17, 15) is 45.1 Å². The molecule has 7 N–H and O–H groups in total. The molecule has 17 nitrogen and oxygen atoms in total. The van der Waals surface area contributed by atoms with Crippen molar-refractivity contribution >= 4 is 96.1 Å². The van der Waals surface area contributed by atoms with Crippen LogP contribution in [0.1, 0.15) is 31.8 Å². The summed E-state index contributed by atoms with van der Waals surface area (Å²) in [6, 6.07) is 21.9. The number of allylic oxidation sites excluding steroid dienone is 2. The first-order valence-corrected chi connectivity index (χ1v) is 18.4. The SMILES string of the molecule is O=CCNc1ccc(NN=C2C(=O)c3cc(NC(=O)Nc4ccc5c(c4)C=C(S(=O)(=O)O)/C(=N/Nc4ccccc4)C5=O)ccc3C=C2S(=O)(=O)O)cc1. The summed E-state index contributed by atoms with van der Waals surface area (Å²) in [5, 5.41) is 15.8. The molecule has 274 valence electrons. The lowest BCUT2D eigenvalue weighted by atomic mass is 9.94. The lowest BCUT2D eigenvalue weighted by Crippen LogP contribution is -2.28. The third-order valence-electron chi connectivity index (χ3n) is 7.78. The zero-order chi connectivity index (χ0) is 38.6. The van der Waals surface area contributed by atoms with Crippen molar-refractivity contribution in [1.29, 1.82) is 0 Å². The number of fused-ring (bicyclic) bond motifs is 2. The third-order valence-corrected chi connectivity index (χ3v) is 9.51. The number of nitrogens with one attached hydrogen (secondary N) is 5. The highest BCUT2D eigenvalue weighted by atomic mass is 32.2. The number of rotatable bonds is 11. The molecule has 0 saturated heterocycles. The fraction of sp³-hybridized carbons (Fsp3) is 0.0286. The zero-order valence-electron chi connectivity index (χ0n) is 27.5. The quantitative estimate of drug-likeness (QED) is 0.0619. The minimum absolute atomic E-state index is 0.0445. The third kappa shape index (κ3) is 8.29. The number of aldehydes is 1. The van der Waals surface area contributed by atoms with Gasteiger partial charge < -0.3 is 20.7 Å². The molecule has 0 bridgehead atoms. The number of nitrogens with zero attached hydrogens (tertiary/aromatic N) is 2. The smallest absolute Gasteiger partial charge is 0.323 e. The van der Waals surface area contributed by atoms with Crippen molar-refractivity contribution in [2.45, 2.75) is 0 Å². The second kappa shape index (κ2) is 15.0. The highest BCUT2D eigenvalue weighted by molar-refractivity contribution is 7.91. The monoisotopic (exact) mass is 769 g/mol. The van der Waals surface area contributed by atoms with Gasteiger partial charge in [0.25, 0.3) is 20.2 Å². The van der Waals surface area contributed by atoms with Crippen LogP contribution in [-0.2, 0) is 25.0 Å². The number of hydrogen-bond donors (Lipinski definition) is 7. The van der Waals surface area contributed by atoms with Crippen LogP contribution in [0.25, 0.3) is 12.2 Å². The first-order chi connectivity index (χ1) is 25.7. The maximum atomic E-state index is 13.5. The fourth-order valence-electron chi connectivity index (χ4n) is 5.30. The van der Waals surface area contributed by atoms with Gasteiger partial charge in [-0.25, -0.2) is 4.79 Å². The maximum Gasteiger partial charge on any atom is 0.323 e. The molecule has 6 rings (SSSR count). The average Bonchev–Trinajstić information content (AvgIpc) is 3.13. The van der Waals surface area contributed by atoms with E-state index in [1.165, 1.54) is 36.4 Å². The maximum absolute atomic E-state index is 13.5. The number of hydrogen-bond acceptors (Lipinski definition) is 13. The molecule has 2 aliphatic rings. The van der Waals surface area contributed by atoms with Crippen molar-refractivity contribution in [3.05, 3.63) is 123 Å². The number of anilines is 5. The molecule has 0 atom stereocenters. The van der Waals surface area contributed by atoms with Crippen molar-refractivity contribution in [2.75, 3.05) is 33.3 Å². The van der Waals surface area contributed by atoms with Gasteiger partial charge in [-0.15, -0.1) is 0 Å². The molecular formula is C35H27N7O10S2. The molecule has 4 aromatic rings. The predicted molar refractivity (Wildman–Crippen MR) is 203 cm³/mol. The van der Waals surface area contributed by atoms with Gasteiger partial charge in [-0.1, -0.05) is 24.3 Å². The van der Waals surface area contributed by atoms with E-state index in [2.05, 4.69) is 37.0 Å². The summed E-state index contributed by atoms with van der Waals surface area (Å²) in [4.78, 5) is 48.9. The number of benzene rings is 4. The van der Waals surface area contributed by atoms with E-state index in [4.69, 9.17) is 0 Å². The molecular weight excluding hydrogens is 743 g/mol. The van der Waals surface area contributed by atoms with Gasteiger partial charge in [0.05, 0.1) is 17.9 Å². The molecule has 0 fully saturated rings. The van der Waals surface area contributed by atoms with Crippen molar-refractivity contribution in [1.82, 2.24) is 0 Å². The summed E-state index contributed by atoms with van der Waals surface area (Å²) in [6.07, 6.45) is 2.78. The topological polar surface area (TPSA) is 262 Å². The van der Waals surface area contributed by atoms with E-state index in [0.717, 1.165) is 12.2 Å². The Morgan fingerprint density at radius 1 is 0.611 bits per heavy atom. The molecule has 0 heterocycles. The van der Waals surface area contributed by atoms with Crippen LogP contribution in [0, 0.1) is 0 Å². The first-order valence-electron chi connectivity index (χ1n) is 15.6. The average molecular weight is 770 g/mol. The van der Waals surface area contributed by atoms with Gasteiger partial charge in [-0.3, -0.25) is 29.5 Å². The molecule has 2 aliphatic carbocycles. The minimum atomic E-state index is -4.92. The lowest BCUT2D eigenvalue weighted by molar-refractivity contribution is -0.106. The van der Waals surface area contributed by atoms with Crippen molar-refractivity contribution < 1.29 is 45.1 Å². The van der Waals surface area contributed by atoms with Gasteiger partial charge >= 0.3 is 6.03 Å². The summed E-state index contributed by atoms with van der Waals surface area (Å²) < 4.78 is 68.7. The summed E-state index contributed by atoms with van der Waals surface area (Å²) in [5.41, 5.74) is 5.82. The predicted octanol–water partition coefficient (Wildman–Crippen LogP) is 4.73. The number of hydrazone groups is 2. The van der Waals surface area contributed by atoms with E-state index >= 15 is 0 Å². The number of para-hydroxylation sites is 1. The van der Waals surface area contributed by atoms with Crippen molar-refractivity contribution in [3.8, 4) is 0 Å². The standard InChI is InChI=1S/C35H27N7O10S2/c43-15-14-36-22-8-10-24(11-9-22)40-42-32-29(53(47,48)49)17-20-6-7-26(19-28(20)34(32)45)38-35(46)37-25-12-13-27-21(16-25)18-30(54(50,51)52)31(33(27)44)41-39-23-4-2-1-3-5-23/h1-13,15-19,36,39-40H,14H2,(H2,37,38,46)(H,47,48,49)(H,50,51,52)/b41-31-,42-32?. The number of carbonyl (C=O) groups excluding carboxylic acids is 4. The number of urea groups is 1. The molecule has 0 aliphatic heterocycles. The van der Waals surface area contributed by atoms with Crippen LogP contribution in [0.15, 0.2) is 111 Å². The Morgan fingerprint density at radius 2 is 1.11 bits per heavy atom. The van der Waals surface area contributed by atoms with Gasteiger partial charge in [0.15, 0.2) is 11.4 Å². The molecule has 0 aromatic heterocycles.